The van der Waals surface area contributed by atoms with E-state index in [4.69, 9.17) is 17.3 Å². The summed E-state index contributed by atoms with van der Waals surface area (Å²) in [5, 5.41) is 10.6. The van der Waals surface area contributed by atoms with Crippen LogP contribution in [0, 0.1) is 0 Å². The quantitative estimate of drug-likeness (QED) is 0.263. The molecule has 1 aliphatic rings. The normalized spacial score (nSPS) is 16.9. The number of benzene rings is 1. The molecule has 4 N–H and O–H groups in total. The number of halogens is 4. The van der Waals surface area contributed by atoms with Crippen molar-refractivity contribution in [1.29, 1.82) is 0 Å². The third kappa shape index (κ3) is 4.98. The maximum absolute atomic E-state index is 13.5. The number of nitrogens with one attached hydrogen (secondary N) is 1. The lowest BCUT2D eigenvalue weighted by atomic mass is 9.94. The number of sulfonamides is 1. The highest BCUT2D eigenvalue weighted by Crippen LogP contribution is 2.43. The number of fused-ring (bicyclic) bond motifs is 1. The van der Waals surface area contributed by atoms with Crippen molar-refractivity contribution in [3.8, 4) is 11.3 Å². The van der Waals surface area contributed by atoms with Gasteiger partial charge in [-0.3, -0.25) is 4.98 Å². The Morgan fingerprint density at radius 2 is 1.92 bits per heavy atom. The largest absolute Gasteiger partial charge is 0.421 e. The number of aliphatic hydroxyl groups is 1. The number of nitrogen functional groups attached to an aromatic ring is 1. The molecule has 0 bridgehead atoms. The molecule has 200 valence electrons. The Labute approximate surface area is 225 Å². The smallest absolute Gasteiger partial charge is 0.384 e. The summed E-state index contributed by atoms with van der Waals surface area (Å²) in [6, 6.07) is 11.4. The molecule has 4 aromatic rings. The summed E-state index contributed by atoms with van der Waals surface area (Å²) < 4.78 is 69.6. The van der Waals surface area contributed by atoms with Crippen molar-refractivity contribution < 1.29 is 26.7 Å². The first-order valence-corrected chi connectivity index (χ1v) is 14.2. The molecule has 1 aliphatic carbocycles. The van der Waals surface area contributed by atoms with Crippen LogP contribution in [0.3, 0.4) is 0 Å². The van der Waals surface area contributed by atoms with E-state index in [1.54, 1.807) is 30.3 Å². The van der Waals surface area contributed by atoms with E-state index in [1.165, 1.54) is 29.7 Å². The van der Waals surface area contributed by atoms with Crippen molar-refractivity contribution in [2.75, 3.05) is 5.73 Å². The van der Waals surface area contributed by atoms with E-state index in [2.05, 4.69) is 14.7 Å². The van der Waals surface area contributed by atoms with Crippen LogP contribution >= 0.6 is 22.9 Å². The van der Waals surface area contributed by atoms with E-state index in [9.17, 15) is 26.7 Å². The molecular formula is C25H22ClF3N4O3S2. The molecule has 1 saturated carbocycles. The van der Waals surface area contributed by atoms with Gasteiger partial charge in [0.25, 0.3) is 0 Å². The summed E-state index contributed by atoms with van der Waals surface area (Å²) in [4.78, 5) is 9.12. The first kappa shape index (κ1) is 26.8. The number of aromatic nitrogens is 2. The Kier molecular flexibility index (Phi) is 6.67. The Balaban J connectivity index is 1.63. The average Bonchev–Trinajstić information content (AvgIpc) is 3.63. The number of hydrogen-bond donors (Lipinski definition) is 3. The summed E-state index contributed by atoms with van der Waals surface area (Å²) >= 11 is 7.65. The van der Waals surface area contributed by atoms with Crippen molar-refractivity contribution in [1.82, 2.24) is 14.7 Å². The van der Waals surface area contributed by atoms with Crippen molar-refractivity contribution in [2.24, 2.45) is 0 Å². The number of rotatable bonds is 7. The highest BCUT2D eigenvalue weighted by Gasteiger charge is 2.51. The van der Waals surface area contributed by atoms with Crippen molar-refractivity contribution in [2.45, 2.75) is 42.8 Å². The minimum absolute atomic E-state index is 0.166. The van der Waals surface area contributed by atoms with Gasteiger partial charge in [0.05, 0.1) is 27.7 Å². The Hall–Kier alpha value is -2.77. The fourth-order valence-corrected chi connectivity index (χ4v) is 7.08. The van der Waals surface area contributed by atoms with Crippen LogP contribution in [0.1, 0.15) is 41.9 Å². The van der Waals surface area contributed by atoms with Crippen LogP contribution in [0.4, 0.5) is 19.0 Å². The number of hydrogen-bond acceptors (Lipinski definition) is 7. The van der Waals surface area contributed by atoms with Gasteiger partial charge in [-0.2, -0.15) is 13.2 Å². The van der Waals surface area contributed by atoms with Crippen LogP contribution in [0.5, 0.6) is 0 Å². The van der Waals surface area contributed by atoms with Crippen LogP contribution in [0.25, 0.3) is 21.3 Å². The molecule has 13 heteroatoms. The Bertz CT molecular complexity index is 1640. The lowest BCUT2D eigenvalue weighted by Crippen LogP contribution is -2.39. The Morgan fingerprint density at radius 1 is 1.18 bits per heavy atom. The monoisotopic (exact) mass is 582 g/mol. The minimum atomic E-state index is -4.89. The van der Waals surface area contributed by atoms with Crippen LogP contribution < -0.4 is 10.5 Å². The molecular weight excluding hydrogens is 561 g/mol. The second-order valence-corrected chi connectivity index (χ2v) is 12.8. The van der Waals surface area contributed by atoms with Gasteiger partial charge in [0.15, 0.2) is 5.60 Å². The highest BCUT2D eigenvalue weighted by atomic mass is 35.5. The molecule has 5 rings (SSSR count). The molecule has 1 aromatic carbocycles. The second kappa shape index (κ2) is 9.45. The summed E-state index contributed by atoms with van der Waals surface area (Å²) in [5.74, 6) is 0.166. The molecule has 0 saturated heterocycles. The molecule has 1 unspecified atom stereocenters. The lowest BCUT2D eigenvalue weighted by molar-refractivity contribution is -0.258. The third-order valence-corrected chi connectivity index (χ3v) is 9.89. The van der Waals surface area contributed by atoms with E-state index < -0.39 is 33.1 Å². The summed E-state index contributed by atoms with van der Waals surface area (Å²) in [5.41, 5.74) is 3.45. The maximum atomic E-state index is 13.5. The third-order valence-electron chi connectivity index (χ3n) is 6.41. The van der Waals surface area contributed by atoms with Gasteiger partial charge < -0.3 is 10.8 Å². The number of nitrogens with two attached hydrogens (primary N) is 1. The fourth-order valence-electron chi connectivity index (χ4n) is 4.03. The van der Waals surface area contributed by atoms with Crippen molar-refractivity contribution in [3.05, 3.63) is 75.9 Å². The van der Waals surface area contributed by atoms with Crippen LogP contribution in [0.15, 0.2) is 54.7 Å². The topological polar surface area (TPSA) is 118 Å². The highest BCUT2D eigenvalue weighted by molar-refractivity contribution is 7.90. The molecule has 3 aromatic heterocycles. The van der Waals surface area contributed by atoms with Gasteiger partial charge in [-0.1, -0.05) is 29.8 Å². The summed E-state index contributed by atoms with van der Waals surface area (Å²) in [6.45, 7) is 0.689. The molecule has 0 aliphatic heterocycles. The van der Waals surface area contributed by atoms with Gasteiger partial charge in [-0.15, -0.1) is 11.3 Å². The van der Waals surface area contributed by atoms with Crippen LogP contribution in [-0.4, -0.2) is 34.9 Å². The van der Waals surface area contributed by atoms with Crippen molar-refractivity contribution >= 4 is 48.9 Å². The fraction of sp³-hybridized carbons (Fsp3) is 0.280. The number of alkyl halides is 3. The summed E-state index contributed by atoms with van der Waals surface area (Å²) in [6.07, 6.45) is -2.56. The molecule has 7 nitrogen and oxygen atoms in total. The lowest BCUT2D eigenvalue weighted by Gasteiger charge is -2.26. The van der Waals surface area contributed by atoms with Gasteiger partial charge in [-0.25, -0.2) is 18.1 Å². The van der Waals surface area contributed by atoms with Gasteiger partial charge in [-0.05, 0) is 61.0 Å². The minimum Gasteiger partial charge on any atom is -0.384 e. The number of nitrogens with zero attached hydrogens (tertiary/aromatic N) is 2. The number of pyridine rings is 2. The van der Waals surface area contributed by atoms with E-state index in [-0.39, 0.29) is 27.8 Å². The van der Waals surface area contributed by atoms with Gasteiger partial charge in [0.2, 0.25) is 10.0 Å². The van der Waals surface area contributed by atoms with Gasteiger partial charge in [0.1, 0.15) is 5.82 Å². The Morgan fingerprint density at radius 3 is 2.61 bits per heavy atom. The SMILES string of the molecule is C[C@](O)(c1ccnc(-c2cccc3cc(C(NS(=O)(=O)C4CC4)c4nc(N)ccc4Cl)sc23)c1)C(F)(F)F. The molecule has 0 radical (unpaired) electrons. The molecule has 2 atom stereocenters. The average molecular weight is 583 g/mol. The van der Waals surface area contributed by atoms with E-state index in [1.807, 2.05) is 0 Å². The van der Waals surface area contributed by atoms with Crippen LogP contribution in [-0.2, 0) is 15.6 Å². The predicted molar refractivity (Wildman–Crippen MR) is 141 cm³/mol. The molecule has 38 heavy (non-hydrogen) atoms. The standard InChI is InChI=1S/C25H22ClF3N4O3S2/c1-24(34,25(27,28)29)14-9-10-31-18(12-14)16-4-2-3-13-11-19(37-23(13)16)22(33-38(35,36)15-5-6-15)21-17(26)7-8-20(30)32-21/h2-4,7-12,15,22,33-34H,5-6H2,1H3,(H2,30,32)/t22?,24-/m0/s1. The van der Waals surface area contributed by atoms with Crippen LogP contribution in [0.2, 0.25) is 5.02 Å². The zero-order chi connectivity index (χ0) is 27.5. The van der Waals surface area contributed by atoms with Gasteiger partial charge >= 0.3 is 6.18 Å². The zero-order valence-corrected chi connectivity index (χ0v) is 22.2. The number of anilines is 1. The number of thiophene rings is 1. The summed E-state index contributed by atoms with van der Waals surface area (Å²) in [7, 11) is -3.68. The molecule has 0 spiro atoms. The predicted octanol–water partition coefficient (Wildman–Crippen LogP) is 5.53. The molecule has 0 amide bonds. The first-order chi connectivity index (χ1) is 17.8. The van der Waals surface area contributed by atoms with Crippen molar-refractivity contribution in [3.63, 3.8) is 0 Å². The molecule has 1 fully saturated rings. The van der Waals surface area contributed by atoms with E-state index >= 15 is 0 Å². The van der Waals surface area contributed by atoms with E-state index in [0.29, 0.717) is 40.3 Å². The van der Waals surface area contributed by atoms with E-state index in [0.717, 1.165) is 6.07 Å². The van der Waals surface area contributed by atoms with Gasteiger partial charge in [0, 0.05) is 21.3 Å². The zero-order valence-electron chi connectivity index (χ0n) is 19.8. The first-order valence-electron chi connectivity index (χ1n) is 11.5. The molecule has 3 heterocycles. The maximum Gasteiger partial charge on any atom is 0.421 e. The second-order valence-electron chi connectivity index (χ2n) is 9.27.